The summed E-state index contributed by atoms with van der Waals surface area (Å²) in [6, 6.07) is 0. The van der Waals surface area contributed by atoms with Crippen LogP contribution in [-0.2, 0) is 6.42 Å². The lowest BCUT2D eigenvalue weighted by atomic mass is 10.3. The van der Waals surface area contributed by atoms with Gasteiger partial charge in [0.05, 0.1) is 0 Å². The van der Waals surface area contributed by atoms with Gasteiger partial charge in [-0.3, -0.25) is 14.8 Å². The number of alkyl halides is 1. The number of imidazole rings is 1. The monoisotopic (exact) mass is 272 g/mol. The predicted octanol–water partition coefficient (Wildman–Crippen LogP) is 0.267. The summed E-state index contributed by atoms with van der Waals surface area (Å²) in [6.07, 6.45) is 1.66. The van der Waals surface area contributed by atoms with Gasteiger partial charge in [0, 0.05) is 11.8 Å². The lowest BCUT2D eigenvalue weighted by Crippen LogP contribution is -2.21. The van der Waals surface area contributed by atoms with E-state index >= 15 is 0 Å². The van der Waals surface area contributed by atoms with Crippen molar-refractivity contribution >= 4 is 27.1 Å². The van der Waals surface area contributed by atoms with Gasteiger partial charge in [0.25, 0.3) is 5.56 Å². The van der Waals surface area contributed by atoms with E-state index in [-0.39, 0.29) is 0 Å². The minimum Gasteiger partial charge on any atom is -0.336 e. The summed E-state index contributed by atoms with van der Waals surface area (Å²) < 4.78 is 0. The summed E-state index contributed by atoms with van der Waals surface area (Å²) in [5.41, 5.74) is -0.343. The Bertz CT molecular complexity index is 582. The largest absolute Gasteiger partial charge is 0.336 e. The van der Waals surface area contributed by atoms with Crippen molar-refractivity contribution in [2.24, 2.45) is 0 Å². The van der Waals surface area contributed by atoms with Crippen LogP contribution in [0, 0.1) is 0 Å². The molecule has 0 bridgehead atoms. The van der Waals surface area contributed by atoms with E-state index in [0.29, 0.717) is 17.0 Å². The van der Waals surface area contributed by atoms with E-state index in [1.165, 1.54) is 0 Å². The summed E-state index contributed by atoms with van der Waals surface area (Å²) >= 11 is 3.31. The van der Waals surface area contributed by atoms with Crippen molar-refractivity contribution in [3.8, 4) is 0 Å². The molecule has 0 unspecified atom stereocenters. The molecule has 0 atom stereocenters. The van der Waals surface area contributed by atoms with Gasteiger partial charge in [-0.05, 0) is 6.42 Å². The molecular weight excluding hydrogens is 264 g/mol. The third-order valence-corrected chi connectivity index (χ3v) is 2.55. The van der Waals surface area contributed by atoms with E-state index in [1.54, 1.807) is 0 Å². The molecule has 2 rings (SSSR count). The van der Waals surface area contributed by atoms with Crippen LogP contribution in [0.25, 0.3) is 11.2 Å². The number of nitrogens with zero attached hydrogens (tertiary/aromatic N) is 1. The van der Waals surface area contributed by atoms with Crippen LogP contribution >= 0.6 is 15.9 Å². The summed E-state index contributed by atoms with van der Waals surface area (Å²) in [6.45, 7) is 0. The minimum absolute atomic E-state index is 0.313. The molecule has 15 heavy (non-hydrogen) atoms. The Morgan fingerprint density at radius 3 is 2.73 bits per heavy atom. The smallest absolute Gasteiger partial charge is 0.327 e. The van der Waals surface area contributed by atoms with Crippen molar-refractivity contribution < 1.29 is 0 Å². The average Bonchev–Trinajstić information content (AvgIpc) is 2.57. The van der Waals surface area contributed by atoms with Gasteiger partial charge < -0.3 is 4.98 Å². The van der Waals surface area contributed by atoms with Gasteiger partial charge in [0.1, 0.15) is 11.3 Å². The molecule has 0 saturated heterocycles. The lowest BCUT2D eigenvalue weighted by Gasteiger charge is -1.89. The van der Waals surface area contributed by atoms with Crippen molar-refractivity contribution in [3.63, 3.8) is 0 Å². The standard InChI is InChI=1S/C8H9BrN4O2/c9-3-1-2-4-10-5-6(11-4)12-8(15)13-7(5)14/h1-3H2,(H3,10,11,12,13,14,15). The van der Waals surface area contributed by atoms with Crippen molar-refractivity contribution in [1.82, 2.24) is 19.9 Å². The summed E-state index contributed by atoms with van der Waals surface area (Å²) in [5, 5.41) is 0.872. The molecule has 2 aromatic heterocycles. The van der Waals surface area contributed by atoms with Gasteiger partial charge in [-0.2, -0.15) is 0 Å². The second-order valence-electron chi connectivity index (χ2n) is 3.11. The van der Waals surface area contributed by atoms with Gasteiger partial charge in [-0.1, -0.05) is 15.9 Å². The third-order valence-electron chi connectivity index (χ3n) is 1.99. The second-order valence-corrected chi connectivity index (χ2v) is 3.90. The Kier molecular flexibility index (Phi) is 2.72. The fraction of sp³-hybridized carbons (Fsp3) is 0.375. The van der Waals surface area contributed by atoms with Gasteiger partial charge in [0.2, 0.25) is 0 Å². The number of aromatic nitrogens is 4. The molecule has 0 aromatic carbocycles. The predicted molar refractivity (Wildman–Crippen MR) is 59.5 cm³/mol. The molecular formula is C8H9BrN4O2. The van der Waals surface area contributed by atoms with Crippen LogP contribution in [0.2, 0.25) is 0 Å². The molecule has 3 N–H and O–H groups in total. The third kappa shape index (κ3) is 2.01. The fourth-order valence-corrected chi connectivity index (χ4v) is 1.61. The molecule has 2 heterocycles. The van der Waals surface area contributed by atoms with Crippen LogP contribution in [0.5, 0.6) is 0 Å². The lowest BCUT2D eigenvalue weighted by molar-refractivity contribution is 0.873. The molecule has 0 radical (unpaired) electrons. The Morgan fingerprint density at radius 1 is 1.20 bits per heavy atom. The molecule has 0 aliphatic rings. The zero-order valence-corrected chi connectivity index (χ0v) is 9.35. The number of H-pyrrole nitrogens is 3. The van der Waals surface area contributed by atoms with Crippen molar-refractivity contribution in [2.45, 2.75) is 12.8 Å². The second kappa shape index (κ2) is 4.01. The minimum atomic E-state index is -0.536. The molecule has 7 heteroatoms. The first-order chi connectivity index (χ1) is 7.20. The Balaban J connectivity index is 2.51. The number of aromatic amines is 3. The normalized spacial score (nSPS) is 11.0. The van der Waals surface area contributed by atoms with Crippen LogP contribution in [-0.4, -0.2) is 25.3 Å². The van der Waals surface area contributed by atoms with Gasteiger partial charge in [-0.25, -0.2) is 9.78 Å². The average molecular weight is 273 g/mol. The van der Waals surface area contributed by atoms with Crippen molar-refractivity contribution in [1.29, 1.82) is 0 Å². The van der Waals surface area contributed by atoms with Crippen LogP contribution in [0.3, 0.4) is 0 Å². The molecule has 80 valence electrons. The van der Waals surface area contributed by atoms with E-state index in [9.17, 15) is 9.59 Å². The molecule has 0 aliphatic heterocycles. The molecule has 0 fully saturated rings. The van der Waals surface area contributed by atoms with Gasteiger partial charge in [0.15, 0.2) is 5.65 Å². The number of hydrogen-bond acceptors (Lipinski definition) is 3. The first-order valence-electron chi connectivity index (χ1n) is 4.48. The van der Waals surface area contributed by atoms with Crippen molar-refractivity contribution in [3.05, 3.63) is 26.7 Å². The van der Waals surface area contributed by atoms with Crippen LogP contribution in [0.15, 0.2) is 9.59 Å². The number of rotatable bonds is 3. The Hall–Kier alpha value is -1.37. The number of aryl methyl sites for hydroxylation is 1. The number of nitrogens with one attached hydrogen (secondary N) is 3. The summed E-state index contributed by atoms with van der Waals surface area (Å²) in [5.74, 6) is 0.705. The first-order valence-corrected chi connectivity index (χ1v) is 5.60. The number of halogens is 1. The zero-order valence-electron chi connectivity index (χ0n) is 7.76. The molecule has 2 aromatic rings. The van der Waals surface area contributed by atoms with E-state index in [2.05, 4.69) is 35.9 Å². The van der Waals surface area contributed by atoms with Crippen LogP contribution < -0.4 is 11.2 Å². The van der Waals surface area contributed by atoms with Crippen LogP contribution in [0.4, 0.5) is 0 Å². The molecule has 0 spiro atoms. The maximum atomic E-state index is 11.3. The van der Waals surface area contributed by atoms with E-state index in [0.717, 1.165) is 18.2 Å². The summed E-state index contributed by atoms with van der Waals surface area (Å²) in [4.78, 5) is 33.9. The highest BCUT2D eigenvalue weighted by molar-refractivity contribution is 9.09. The van der Waals surface area contributed by atoms with Crippen molar-refractivity contribution in [2.75, 3.05) is 5.33 Å². The summed E-state index contributed by atoms with van der Waals surface area (Å²) in [7, 11) is 0. The maximum absolute atomic E-state index is 11.3. The maximum Gasteiger partial charge on any atom is 0.327 e. The topological polar surface area (TPSA) is 94.4 Å². The highest BCUT2D eigenvalue weighted by atomic mass is 79.9. The zero-order chi connectivity index (χ0) is 10.8. The Morgan fingerprint density at radius 2 is 2.00 bits per heavy atom. The highest BCUT2D eigenvalue weighted by Gasteiger charge is 2.06. The van der Waals surface area contributed by atoms with Gasteiger partial charge >= 0.3 is 5.69 Å². The van der Waals surface area contributed by atoms with E-state index in [4.69, 9.17) is 0 Å². The molecule has 6 nitrogen and oxygen atoms in total. The number of fused-ring (bicyclic) bond motifs is 1. The quantitative estimate of drug-likeness (QED) is 0.700. The fourth-order valence-electron chi connectivity index (χ4n) is 1.33. The SMILES string of the molecule is O=c1[nH]c(=O)c2[nH]c(CCCBr)nc2[nH]1. The number of hydrogen-bond donors (Lipinski definition) is 3. The van der Waals surface area contributed by atoms with E-state index in [1.807, 2.05) is 0 Å². The first kappa shape index (κ1) is 10.2. The molecule has 0 saturated carbocycles. The van der Waals surface area contributed by atoms with Gasteiger partial charge in [-0.15, -0.1) is 0 Å². The molecule has 0 aliphatic carbocycles. The van der Waals surface area contributed by atoms with E-state index < -0.39 is 11.2 Å². The Labute approximate surface area is 92.3 Å². The molecule has 0 amide bonds. The van der Waals surface area contributed by atoms with Crippen LogP contribution in [0.1, 0.15) is 12.2 Å². The highest BCUT2D eigenvalue weighted by Crippen LogP contribution is 2.04.